The van der Waals surface area contributed by atoms with Crippen molar-refractivity contribution < 1.29 is 4.74 Å². The van der Waals surface area contributed by atoms with Crippen molar-refractivity contribution in [2.75, 3.05) is 13.2 Å². The highest BCUT2D eigenvalue weighted by Crippen LogP contribution is 2.24. The topological polar surface area (TPSA) is 61.3 Å². The van der Waals surface area contributed by atoms with Crippen LogP contribution in [0.5, 0.6) is 5.75 Å². The molecule has 3 heteroatoms. The fourth-order valence-corrected chi connectivity index (χ4v) is 1.41. The summed E-state index contributed by atoms with van der Waals surface area (Å²) in [7, 11) is 0. The molecule has 0 saturated carbocycles. The molecule has 0 saturated heterocycles. The van der Waals surface area contributed by atoms with Crippen LogP contribution in [0.4, 0.5) is 0 Å². The third-order valence-corrected chi connectivity index (χ3v) is 2.10. The zero-order chi connectivity index (χ0) is 10.4. The Morgan fingerprint density at radius 3 is 2.71 bits per heavy atom. The lowest BCUT2D eigenvalue weighted by Gasteiger charge is -2.15. The lowest BCUT2D eigenvalue weighted by Crippen LogP contribution is -2.16. The quantitative estimate of drug-likeness (QED) is 0.745. The minimum atomic E-state index is -0.0252. The second kappa shape index (κ2) is 5.62. The molecule has 0 heterocycles. The minimum Gasteiger partial charge on any atom is -0.494 e. The average molecular weight is 194 g/mol. The molecule has 14 heavy (non-hydrogen) atoms. The number of nitrogens with two attached hydrogens (primary N) is 2. The Bertz CT molecular complexity index is 276. The molecule has 0 spiro atoms. The molecule has 0 aliphatic heterocycles. The number of hydrogen-bond donors (Lipinski definition) is 2. The summed E-state index contributed by atoms with van der Waals surface area (Å²) in [5.41, 5.74) is 12.5. The van der Waals surface area contributed by atoms with Crippen molar-refractivity contribution in [1.82, 2.24) is 0 Å². The van der Waals surface area contributed by atoms with Gasteiger partial charge in [-0.1, -0.05) is 18.2 Å². The summed E-state index contributed by atoms with van der Waals surface area (Å²) < 4.78 is 5.48. The predicted molar refractivity (Wildman–Crippen MR) is 58.2 cm³/mol. The summed E-state index contributed by atoms with van der Waals surface area (Å²) in [4.78, 5) is 0. The monoisotopic (exact) mass is 194 g/mol. The first-order valence-corrected chi connectivity index (χ1v) is 4.97. The van der Waals surface area contributed by atoms with Crippen LogP contribution in [0, 0.1) is 0 Å². The van der Waals surface area contributed by atoms with Crippen LogP contribution in [0.15, 0.2) is 24.3 Å². The third kappa shape index (κ3) is 2.72. The van der Waals surface area contributed by atoms with Gasteiger partial charge in [0.2, 0.25) is 0 Å². The van der Waals surface area contributed by atoms with Crippen molar-refractivity contribution in [3.63, 3.8) is 0 Å². The highest BCUT2D eigenvalue weighted by atomic mass is 16.5. The average Bonchev–Trinajstić information content (AvgIpc) is 2.19. The van der Waals surface area contributed by atoms with Gasteiger partial charge >= 0.3 is 0 Å². The van der Waals surface area contributed by atoms with E-state index in [1.54, 1.807) is 0 Å². The summed E-state index contributed by atoms with van der Waals surface area (Å²) in [6.45, 7) is 3.22. The molecule has 1 aromatic carbocycles. The van der Waals surface area contributed by atoms with Crippen molar-refractivity contribution in [3.05, 3.63) is 29.8 Å². The Kier molecular flexibility index (Phi) is 4.43. The largest absolute Gasteiger partial charge is 0.494 e. The maximum Gasteiger partial charge on any atom is 0.124 e. The lowest BCUT2D eigenvalue weighted by molar-refractivity contribution is 0.333. The van der Waals surface area contributed by atoms with E-state index < -0.39 is 0 Å². The Hall–Kier alpha value is -1.06. The molecular weight excluding hydrogens is 176 g/mol. The van der Waals surface area contributed by atoms with Crippen LogP contribution in [-0.2, 0) is 0 Å². The van der Waals surface area contributed by atoms with Gasteiger partial charge < -0.3 is 16.2 Å². The van der Waals surface area contributed by atoms with Gasteiger partial charge in [0.15, 0.2) is 0 Å². The number of rotatable bonds is 5. The second-order valence-corrected chi connectivity index (χ2v) is 3.15. The molecule has 0 aliphatic carbocycles. The molecule has 4 N–H and O–H groups in total. The molecule has 1 aromatic rings. The van der Waals surface area contributed by atoms with E-state index in [9.17, 15) is 0 Å². The van der Waals surface area contributed by atoms with E-state index in [0.29, 0.717) is 13.2 Å². The fourth-order valence-electron chi connectivity index (χ4n) is 1.41. The maximum atomic E-state index is 5.98. The Morgan fingerprint density at radius 1 is 1.36 bits per heavy atom. The summed E-state index contributed by atoms with van der Waals surface area (Å²) in [5, 5.41) is 0. The SMILES string of the molecule is CCOc1ccccc1[C@@H](N)CCN. The highest BCUT2D eigenvalue weighted by Gasteiger charge is 2.09. The maximum absolute atomic E-state index is 5.98. The zero-order valence-electron chi connectivity index (χ0n) is 8.57. The highest BCUT2D eigenvalue weighted by molar-refractivity contribution is 5.35. The van der Waals surface area contributed by atoms with E-state index in [0.717, 1.165) is 17.7 Å². The van der Waals surface area contributed by atoms with Crippen LogP contribution >= 0.6 is 0 Å². The zero-order valence-corrected chi connectivity index (χ0v) is 8.57. The van der Waals surface area contributed by atoms with Crippen LogP contribution in [0.25, 0.3) is 0 Å². The first kappa shape index (κ1) is 11.0. The lowest BCUT2D eigenvalue weighted by atomic mass is 10.0. The first-order valence-electron chi connectivity index (χ1n) is 4.97. The summed E-state index contributed by atoms with van der Waals surface area (Å²) in [6.07, 6.45) is 0.782. The summed E-state index contributed by atoms with van der Waals surface area (Å²) in [5.74, 6) is 0.871. The van der Waals surface area contributed by atoms with E-state index in [1.807, 2.05) is 31.2 Å². The molecule has 3 nitrogen and oxygen atoms in total. The first-order chi connectivity index (χ1) is 6.79. The molecule has 0 bridgehead atoms. The van der Waals surface area contributed by atoms with Gasteiger partial charge in [0.25, 0.3) is 0 Å². The predicted octanol–water partition coefficient (Wildman–Crippen LogP) is 1.43. The number of ether oxygens (including phenoxy) is 1. The molecule has 0 amide bonds. The van der Waals surface area contributed by atoms with Gasteiger partial charge in [0.1, 0.15) is 5.75 Å². The molecule has 0 fully saturated rings. The van der Waals surface area contributed by atoms with E-state index in [4.69, 9.17) is 16.2 Å². The van der Waals surface area contributed by atoms with Crippen LogP contribution in [0.1, 0.15) is 24.9 Å². The fraction of sp³-hybridized carbons (Fsp3) is 0.455. The van der Waals surface area contributed by atoms with E-state index in [-0.39, 0.29) is 6.04 Å². The number of hydrogen-bond acceptors (Lipinski definition) is 3. The smallest absolute Gasteiger partial charge is 0.124 e. The van der Waals surface area contributed by atoms with Crippen LogP contribution in [-0.4, -0.2) is 13.2 Å². The molecule has 78 valence electrons. The van der Waals surface area contributed by atoms with Crippen LogP contribution in [0.2, 0.25) is 0 Å². The normalized spacial score (nSPS) is 12.5. The van der Waals surface area contributed by atoms with Gasteiger partial charge in [-0.15, -0.1) is 0 Å². The van der Waals surface area contributed by atoms with E-state index in [1.165, 1.54) is 0 Å². The van der Waals surface area contributed by atoms with Crippen molar-refractivity contribution in [1.29, 1.82) is 0 Å². The van der Waals surface area contributed by atoms with Gasteiger partial charge in [0, 0.05) is 11.6 Å². The molecule has 0 radical (unpaired) electrons. The third-order valence-electron chi connectivity index (χ3n) is 2.10. The Morgan fingerprint density at radius 2 is 2.07 bits per heavy atom. The van der Waals surface area contributed by atoms with Gasteiger partial charge in [-0.05, 0) is 26.0 Å². The van der Waals surface area contributed by atoms with E-state index >= 15 is 0 Å². The van der Waals surface area contributed by atoms with Gasteiger partial charge in [-0.25, -0.2) is 0 Å². The molecule has 0 aliphatic rings. The second-order valence-electron chi connectivity index (χ2n) is 3.15. The summed E-state index contributed by atoms with van der Waals surface area (Å²) >= 11 is 0. The molecule has 0 unspecified atom stereocenters. The Labute approximate surface area is 85.0 Å². The minimum absolute atomic E-state index is 0.0252. The Balaban J connectivity index is 2.82. The van der Waals surface area contributed by atoms with Crippen molar-refractivity contribution in [3.8, 4) is 5.75 Å². The van der Waals surface area contributed by atoms with Crippen molar-refractivity contribution in [2.45, 2.75) is 19.4 Å². The summed E-state index contributed by atoms with van der Waals surface area (Å²) in [6, 6.07) is 7.82. The van der Waals surface area contributed by atoms with Crippen LogP contribution < -0.4 is 16.2 Å². The van der Waals surface area contributed by atoms with Gasteiger partial charge in [0.05, 0.1) is 6.61 Å². The number of para-hydroxylation sites is 1. The van der Waals surface area contributed by atoms with Gasteiger partial charge in [-0.3, -0.25) is 0 Å². The molecule has 1 atom stereocenters. The standard InChI is InChI=1S/C11H18N2O/c1-2-14-11-6-4-3-5-9(11)10(13)7-8-12/h3-6,10H,2,7-8,12-13H2,1H3/t10-/m0/s1. The van der Waals surface area contributed by atoms with Gasteiger partial charge in [-0.2, -0.15) is 0 Å². The van der Waals surface area contributed by atoms with Crippen LogP contribution in [0.3, 0.4) is 0 Å². The molecular formula is C11H18N2O. The van der Waals surface area contributed by atoms with Crippen molar-refractivity contribution >= 4 is 0 Å². The molecule has 0 aromatic heterocycles. The number of benzene rings is 1. The van der Waals surface area contributed by atoms with Crippen molar-refractivity contribution in [2.24, 2.45) is 11.5 Å². The molecule has 1 rings (SSSR count). The van der Waals surface area contributed by atoms with E-state index in [2.05, 4.69) is 0 Å².